The van der Waals surface area contributed by atoms with Gasteiger partial charge in [0.15, 0.2) is 5.82 Å². The number of aliphatic hydroxyl groups is 2. The molecule has 1 saturated heterocycles. The van der Waals surface area contributed by atoms with Gasteiger partial charge in [-0.05, 0) is 41.9 Å². The molecule has 3 saturated carbocycles. The normalized spacial score (nSPS) is 26.7. The Morgan fingerprint density at radius 2 is 1.77 bits per heavy atom. The number of rotatable bonds is 7. The summed E-state index contributed by atoms with van der Waals surface area (Å²) in [5, 5.41) is 35.4. The minimum Gasteiger partial charge on any atom is -0.465 e. The van der Waals surface area contributed by atoms with Crippen LogP contribution in [0.3, 0.4) is 0 Å². The van der Waals surface area contributed by atoms with Crippen LogP contribution >= 0.6 is 0 Å². The number of alkyl halides is 3. The van der Waals surface area contributed by atoms with Crippen molar-refractivity contribution in [3.05, 3.63) is 65.2 Å². The second-order valence-corrected chi connectivity index (χ2v) is 11.8. The minimum absolute atomic E-state index is 0.00714. The van der Waals surface area contributed by atoms with Crippen LogP contribution in [0.15, 0.2) is 47.2 Å². The zero-order valence-corrected chi connectivity index (χ0v) is 21.1. The van der Waals surface area contributed by atoms with Gasteiger partial charge >= 0.3 is 12.3 Å². The molecule has 4 aliphatic rings. The molecule has 1 amide bonds. The molecule has 12 heteroatoms. The minimum atomic E-state index is -4.38. The molecule has 2 aromatic heterocycles. The van der Waals surface area contributed by atoms with Crippen LogP contribution in [0, 0.1) is 10.8 Å². The molecule has 9 nitrogen and oxygen atoms in total. The molecule has 3 aromatic rings. The lowest BCUT2D eigenvalue weighted by Crippen LogP contribution is -2.66. The second-order valence-electron chi connectivity index (χ2n) is 11.8. The number of likely N-dealkylation sites (tertiary alicyclic amines) is 1. The number of pyridine rings is 1. The van der Waals surface area contributed by atoms with E-state index in [1.54, 1.807) is 13.0 Å². The third-order valence-electron chi connectivity index (χ3n) is 8.78. The average Bonchev–Trinajstić information content (AvgIpc) is 3.29. The van der Waals surface area contributed by atoms with E-state index in [9.17, 15) is 33.3 Å². The first-order valence-electron chi connectivity index (χ1n) is 12.6. The molecular weight excluding hydrogens is 517 g/mol. The third-order valence-corrected chi connectivity index (χ3v) is 8.78. The number of aliphatic hydroxyl groups excluding tert-OH is 1. The van der Waals surface area contributed by atoms with Crippen LogP contribution in [0.25, 0.3) is 11.5 Å². The Balaban J connectivity index is 1.35. The highest BCUT2D eigenvalue weighted by molar-refractivity contribution is 5.67. The Morgan fingerprint density at radius 3 is 2.36 bits per heavy atom. The molecule has 3 aliphatic carbocycles. The Kier molecular flexibility index (Phi) is 5.45. The summed E-state index contributed by atoms with van der Waals surface area (Å²) in [4.78, 5) is 21.5. The van der Waals surface area contributed by atoms with Crippen LogP contribution in [-0.4, -0.2) is 67.3 Å². The van der Waals surface area contributed by atoms with E-state index >= 15 is 0 Å². The first-order chi connectivity index (χ1) is 18.3. The van der Waals surface area contributed by atoms with Crippen molar-refractivity contribution in [2.75, 3.05) is 19.7 Å². The zero-order valence-electron chi connectivity index (χ0n) is 21.1. The maximum Gasteiger partial charge on any atom is 0.407 e. The summed E-state index contributed by atoms with van der Waals surface area (Å²) in [6.45, 7) is 1.88. The fourth-order valence-corrected chi connectivity index (χ4v) is 6.83. The van der Waals surface area contributed by atoms with E-state index in [2.05, 4.69) is 15.1 Å². The molecule has 1 aromatic carbocycles. The van der Waals surface area contributed by atoms with Crippen molar-refractivity contribution in [3.8, 4) is 11.5 Å². The Hall–Kier alpha value is -3.51. The van der Waals surface area contributed by atoms with Gasteiger partial charge in [0.1, 0.15) is 5.60 Å². The second kappa shape index (κ2) is 8.25. The van der Waals surface area contributed by atoms with Gasteiger partial charge < -0.3 is 24.7 Å². The summed E-state index contributed by atoms with van der Waals surface area (Å²) in [6.07, 6.45) is -1.24. The Labute approximate surface area is 221 Å². The van der Waals surface area contributed by atoms with Crippen molar-refractivity contribution in [2.45, 2.75) is 49.8 Å². The number of carbonyl (C=O) groups is 1. The molecule has 3 N–H and O–H groups in total. The number of halogens is 3. The zero-order chi connectivity index (χ0) is 27.8. The lowest BCUT2D eigenvalue weighted by molar-refractivity contribution is -0.172. The highest BCUT2D eigenvalue weighted by Crippen LogP contribution is 2.72. The number of hydrogen-bond acceptors (Lipinski definition) is 7. The van der Waals surface area contributed by atoms with Crippen molar-refractivity contribution in [1.29, 1.82) is 0 Å². The molecular formula is C27H27F3N4O5. The first-order valence-corrected chi connectivity index (χ1v) is 12.6. The molecule has 0 unspecified atom stereocenters. The molecule has 0 spiro atoms. The fourth-order valence-electron chi connectivity index (χ4n) is 6.83. The van der Waals surface area contributed by atoms with Crippen LogP contribution in [0.5, 0.6) is 0 Å². The standard InChI is InChI=1S/C27H27F3N4O5/c1-23(13-34(14-23)22(36)37)27(38,18-4-2-16(3-5-18)7-26(28,29)30)19-6-17(8-31-9-19)20-32-21(33-39-20)25-10-24(11-25,12-25)15-35/h2-6,8-9,35,38H,7,10-15H2,1H3,(H,36,37)/t24?,25?,27-/m0/s1. The lowest BCUT2D eigenvalue weighted by atomic mass is 9.35. The summed E-state index contributed by atoms with van der Waals surface area (Å²) >= 11 is 0. The van der Waals surface area contributed by atoms with Crippen LogP contribution in [0.1, 0.15) is 48.7 Å². The van der Waals surface area contributed by atoms with Gasteiger partial charge in [-0.25, -0.2) is 4.79 Å². The summed E-state index contributed by atoms with van der Waals surface area (Å²) < 4.78 is 44.3. The maximum absolute atomic E-state index is 12.9. The predicted octanol–water partition coefficient (Wildman–Crippen LogP) is 3.89. The van der Waals surface area contributed by atoms with E-state index in [1.807, 2.05) is 0 Å². The van der Waals surface area contributed by atoms with Crippen molar-refractivity contribution in [1.82, 2.24) is 20.0 Å². The highest BCUT2D eigenvalue weighted by atomic mass is 19.4. The Bertz CT molecular complexity index is 1410. The summed E-state index contributed by atoms with van der Waals surface area (Å²) in [7, 11) is 0. The SMILES string of the molecule is CC1([C@](O)(c2ccc(CC(F)(F)F)cc2)c2cncc(-c3nc(C45CC(CO)(C4)C5)no3)c2)CN(C(=O)O)C1. The number of benzene rings is 1. The van der Waals surface area contributed by atoms with E-state index in [0.717, 1.165) is 24.2 Å². The molecule has 1 atom stereocenters. The summed E-state index contributed by atoms with van der Waals surface area (Å²) in [6, 6.07) is 7.14. The maximum atomic E-state index is 12.9. The smallest absolute Gasteiger partial charge is 0.407 e. The van der Waals surface area contributed by atoms with Gasteiger partial charge in [-0.3, -0.25) is 4.98 Å². The van der Waals surface area contributed by atoms with E-state index in [-0.39, 0.29) is 42.0 Å². The van der Waals surface area contributed by atoms with E-state index < -0.39 is 29.7 Å². The largest absolute Gasteiger partial charge is 0.465 e. The average molecular weight is 545 g/mol. The first kappa shape index (κ1) is 25.8. The number of hydrogen-bond donors (Lipinski definition) is 3. The van der Waals surface area contributed by atoms with Crippen molar-refractivity contribution in [3.63, 3.8) is 0 Å². The molecule has 0 radical (unpaired) electrons. The van der Waals surface area contributed by atoms with Crippen molar-refractivity contribution in [2.24, 2.45) is 10.8 Å². The van der Waals surface area contributed by atoms with Gasteiger partial charge in [-0.2, -0.15) is 18.2 Å². The number of amides is 1. The van der Waals surface area contributed by atoms with E-state index in [0.29, 0.717) is 22.5 Å². The van der Waals surface area contributed by atoms with E-state index in [4.69, 9.17) is 4.52 Å². The van der Waals surface area contributed by atoms with Gasteiger partial charge in [-0.15, -0.1) is 0 Å². The number of aromatic nitrogens is 3. The monoisotopic (exact) mass is 544 g/mol. The Morgan fingerprint density at radius 1 is 1.10 bits per heavy atom. The van der Waals surface area contributed by atoms with E-state index in [1.165, 1.54) is 36.7 Å². The van der Waals surface area contributed by atoms with Gasteiger partial charge in [0, 0.05) is 48.5 Å². The van der Waals surface area contributed by atoms with Crippen molar-refractivity contribution >= 4 is 6.09 Å². The third kappa shape index (κ3) is 3.91. The van der Waals surface area contributed by atoms with Crippen LogP contribution in [-0.2, 0) is 17.4 Å². The van der Waals surface area contributed by atoms with Gasteiger partial charge in [0.25, 0.3) is 5.89 Å². The molecule has 39 heavy (non-hydrogen) atoms. The quantitative estimate of drug-likeness (QED) is 0.408. The van der Waals surface area contributed by atoms with Gasteiger partial charge in [0.2, 0.25) is 0 Å². The van der Waals surface area contributed by atoms with Crippen LogP contribution in [0.2, 0.25) is 0 Å². The number of carboxylic acid groups (broad SMARTS) is 1. The number of nitrogens with zero attached hydrogens (tertiary/aromatic N) is 4. The summed E-state index contributed by atoms with van der Waals surface area (Å²) in [5.74, 6) is 0.771. The summed E-state index contributed by atoms with van der Waals surface area (Å²) in [5.41, 5.74) is -1.88. The lowest BCUT2D eigenvalue weighted by Gasteiger charge is -2.68. The highest BCUT2D eigenvalue weighted by Gasteiger charge is 2.70. The molecule has 2 bridgehead atoms. The van der Waals surface area contributed by atoms with Crippen molar-refractivity contribution < 1.29 is 37.8 Å². The van der Waals surface area contributed by atoms with Gasteiger partial charge in [0.05, 0.1) is 12.0 Å². The molecule has 206 valence electrons. The molecule has 4 fully saturated rings. The van der Waals surface area contributed by atoms with Crippen LogP contribution < -0.4 is 0 Å². The topological polar surface area (TPSA) is 133 Å². The fraction of sp³-hybridized carbons (Fsp3) is 0.481. The molecule has 7 rings (SSSR count). The molecule has 1 aliphatic heterocycles. The molecule has 3 heterocycles. The predicted molar refractivity (Wildman–Crippen MR) is 129 cm³/mol. The van der Waals surface area contributed by atoms with Gasteiger partial charge in [-0.1, -0.05) is 36.3 Å². The van der Waals surface area contributed by atoms with Crippen LogP contribution in [0.4, 0.5) is 18.0 Å².